The van der Waals surface area contributed by atoms with E-state index in [1.165, 1.54) is 22.1 Å². The Balaban J connectivity index is 1.20. The highest BCUT2D eigenvalue weighted by Gasteiger charge is 2.21. The molecule has 4 aromatic heterocycles. The molecule has 0 N–H and O–H groups in total. The molecule has 0 aliphatic rings. The van der Waals surface area contributed by atoms with E-state index in [4.69, 9.17) is 19.1 Å². The van der Waals surface area contributed by atoms with E-state index < -0.39 is 0 Å². The highest BCUT2D eigenvalue weighted by molar-refractivity contribution is 7.26. The van der Waals surface area contributed by atoms with E-state index in [0.29, 0.717) is 48.9 Å². The molecule has 0 radical (unpaired) electrons. The molecule has 12 aromatic rings. The highest BCUT2D eigenvalue weighted by atomic mass is 32.1. The fraction of sp³-hybridized carbons (Fsp3) is 0. The first-order chi connectivity index (χ1) is 30.7. The van der Waals surface area contributed by atoms with Gasteiger partial charge in [0.15, 0.2) is 17.5 Å². The van der Waals surface area contributed by atoms with Gasteiger partial charge >= 0.3 is 0 Å². The molecule has 0 aliphatic heterocycles. The van der Waals surface area contributed by atoms with Crippen molar-refractivity contribution in [2.24, 2.45) is 0 Å². The van der Waals surface area contributed by atoms with Gasteiger partial charge in [-0.25, -0.2) is 15.0 Å². The number of aromatic nitrogens is 4. The van der Waals surface area contributed by atoms with Gasteiger partial charge in [-0.2, -0.15) is 0 Å². The minimum Gasteiger partial charge on any atom is -0.309 e. The summed E-state index contributed by atoms with van der Waals surface area (Å²) in [5, 5.41) is 4.87. The van der Waals surface area contributed by atoms with E-state index in [-0.39, 0.29) is 41.6 Å². The maximum Gasteiger partial charge on any atom is 0.164 e. The lowest BCUT2D eigenvalue weighted by Gasteiger charge is -2.17. The molecule has 0 aliphatic carbocycles. The Labute approximate surface area is 344 Å². The second-order valence-corrected chi connectivity index (χ2v) is 16.0. The summed E-state index contributed by atoms with van der Waals surface area (Å²) >= 11 is 2.95. The van der Waals surface area contributed by atoms with Crippen LogP contribution in [0.3, 0.4) is 0 Å². The molecule has 0 atom stereocenters. The van der Waals surface area contributed by atoms with Gasteiger partial charge in [0.05, 0.1) is 24.9 Å². The maximum atomic E-state index is 9.64. The zero-order chi connectivity index (χ0) is 42.7. The largest absolute Gasteiger partial charge is 0.309 e. The van der Waals surface area contributed by atoms with Crippen molar-refractivity contribution in [1.29, 1.82) is 0 Å². The van der Waals surface area contributed by atoms with Crippen molar-refractivity contribution in [1.82, 2.24) is 19.5 Å². The van der Waals surface area contributed by atoms with Crippen LogP contribution in [0.15, 0.2) is 182 Å². The smallest absolute Gasteiger partial charge is 0.164 e. The van der Waals surface area contributed by atoms with Crippen LogP contribution in [0.25, 0.3) is 113 Å². The Morgan fingerprint density at radius 1 is 0.421 bits per heavy atom. The van der Waals surface area contributed by atoms with E-state index >= 15 is 0 Å². The van der Waals surface area contributed by atoms with E-state index in [9.17, 15) is 4.11 Å². The lowest BCUT2D eigenvalue weighted by atomic mass is 9.98. The fourth-order valence-corrected chi connectivity index (χ4v) is 10.3. The number of para-hydroxylation sites is 2. The zero-order valence-electron chi connectivity index (χ0n) is 36.0. The third-order valence-corrected chi connectivity index (χ3v) is 12.9. The Morgan fingerprint density at radius 3 is 1.93 bits per heavy atom. The number of benzene rings is 8. The molecule has 0 saturated heterocycles. The van der Waals surface area contributed by atoms with Gasteiger partial charge < -0.3 is 4.57 Å². The number of hydrogen-bond acceptors (Lipinski definition) is 5. The van der Waals surface area contributed by atoms with Gasteiger partial charge in [-0.05, 0) is 48.5 Å². The van der Waals surface area contributed by atoms with E-state index in [0.717, 1.165) is 54.1 Å². The highest BCUT2D eigenvalue weighted by Crippen LogP contribution is 2.45. The molecule has 8 aromatic carbocycles. The van der Waals surface area contributed by atoms with Gasteiger partial charge in [0.1, 0.15) is 0 Å². The average Bonchev–Trinajstić information content (AvgIpc) is 4.01. The Morgan fingerprint density at radius 2 is 1.11 bits per heavy atom. The maximum absolute atomic E-state index is 9.64. The standard InChI is InChI=1S/C51H30N4S2/c1-2-14-31(15-3-1)49-52-50(54-51(53-49)39-22-13-27-46-47(39)38-19-7-11-26-45(38)56-46)32-28-29-43(55-41-23-8-4-16-33(41)34-17-5-9-24-42(34)55)40(30-32)37-21-12-20-36-35-18-6-10-25-44(35)57-48(36)37/h1-30H/i6D,12D,18D,20D,21D,25D. The number of nitrogens with zero attached hydrogens (tertiary/aromatic N) is 4. The number of thiophene rings is 2. The first-order valence-electron chi connectivity index (χ1n) is 21.5. The van der Waals surface area contributed by atoms with Crippen LogP contribution >= 0.6 is 22.7 Å². The lowest BCUT2D eigenvalue weighted by molar-refractivity contribution is 1.08. The fourth-order valence-electron chi connectivity index (χ4n) is 8.12. The molecule has 12 rings (SSSR count). The summed E-state index contributed by atoms with van der Waals surface area (Å²) in [5.41, 5.74) is 5.94. The number of rotatable bonds is 5. The second-order valence-electron chi connectivity index (χ2n) is 13.9. The molecular formula is C51H30N4S2. The van der Waals surface area contributed by atoms with Crippen molar-refractivity contribution >= 4 is 84.8 Å². The summed E-state index contributed by atoms with van der Waals surface area (Å²) in [5.74, 6) is 1.42. The molecule has 0 bridgehead atoms. The Bertz CT molecular complexity index is 3840. The lowest BCUT2D eigenvalue weighted by Crippen LogP contribution is -2.02. The van der Waals surface area contributed by atoms with Crippen LogP contribution in [0.4, 0.5) is 0 Å². The van der Waals surface area contributed by atoms with Crippen LogP contribution < -0.4 is 0 Å². The van der Waals surface area contributed by atoms with Crippen LogP contribution in [0, 0.1) is 0 Å². The van der Waals surface area contributed by atoms with Crippen molar-refractivity contribution in [3.8, 4) is 51.0 Å². The zero-order valence-corrected chi connectivity index (χ0v) is 31.6. The summed E-state index contributed by atoms with van der Waals surface area (Å²) in [7, 11) is 0. The molecule has 57 heavy (non-hydrogen) atoms. The van der Waals surface area contributed by atoms with Crippen LogP contribution in [0.2, 0.25) is 0 Å². The second kappa shape index (κ2) is 12.8. The van der Waals surface area contributed by atoms with Gasteiger partial charge in [0, 0.05) is 78.9 Å². The summed E-state index contributed by atoms with van der Waals surface area (Å²) in [4.78, 5) is 15.5. The quantitative estimate of drug-likeness (QED) is 0.175. The van der Waals surface area contributed by atoms with Crippen molar-refractivity contribution in [3.63, 3.8) is 0 Å². The molecule has 0 unspecified atom stereocenters. The van der Waals surface area contributed by atoms with Crippen molar-refractivity contribution in [2.75, 3.05) is 0 Å². The first kappa shape index (κ1) is 26.8. The van der Waals surface area contributed by atoms with Crippen LogP contribution in [0.1, 0.15) is 8.22 Å². The van der Waals surface area contributed by atoms with Gasteiger partial charge in [0.2, 0.25) is 0 Å². The first-order valence-corrected chi connectivity index (χ1v) is 20.2. The van der Waals surface area contributed by atoms with Crippen LogP contribution in [-0.2, 0) is 0 Å². The molecule has 266 valence electrons. The molecule has 4 nitrogen and oxygen atoms in total. The van der Waals surface area contributed by atoms with Gasteiger partial charge in [-0.15, -0.1) is 22.7 Å². The Kier molecular flexibility index (Phi) is 6.00. The van der Waals surface area contributed by atoms with Crippen molar-refractivity contribution in [2.45, 2.75) is 0 Å². The normalized spacial score (nSPS) is 13.3. The average molecular weight is 769 g/mol. The van der Waals surface area contributed by atoms with Crippen LogP contribution in [-0.4, -0.2) is 19.5 Å². The summed E-state index contributed by atoms with van der Waals surface area (Å²) in [6.07, 6.45) is 0. The third kappa shape index (κ3) is 5.08. The molecule has 6 heteroatoms. The Hall–Kier alpha value is -6.99. The molecular weight excluding hydrogens is 733 g/mol. The minimum absolute atomic E-state index is 0.0616. The van der Waals surface area contributed by atoms with E-state index in [1.54, 1.807) is 11.3 Å². The number of hydrogen-bond donors (Lipinski definition) is 0. The summed E-state index contributed by atoms with van der Waals surface area (Å²) in [6.45, 7) is 0. The molecule has 0 saturated carbocycles. The predicted octanol–water partition coefficient (Wildman–Crippen LogP) is 14.4. The monoisotopic (exact) mass is 768 g/mol. The van der Waals surface area contributed by atoms with E-state index in [1.807, 2.05) is 91.0 Å². The molecule has 4 heterocycles. The summed E-state index contributed by atoms with van der Waals surface area (Å²) < 4.78 is 59.8. The summed E-state index contributed by atoms with van der Waals surface area (Å²) in [6, 6.07) is 47.2. The minimum atomic E-state index is -0.304. The van der Waals surface area contributed by atoms with Gasteiger partial charge in [-0.3, -0.25) is 0 Å². The van der Waals surface area contributed by atoms with Gasteiger partial charge in [0.25, 0.3) is 0 Å². The number of fused-ring (bicyclic) bond motifs is 9. The topological polar surface area (TPSA) is 43.6 Å². The van der Waals surface area contributed by atoms with Crippen molar-refractivity contribution < 1.29 is 8.22 Å². The predicted molar refractivity (Wildman–Crippen MR) is 242 cm³/mol. The van der Waals surface area contributed by atoms with E-state index in [2.05, 4.69) is 53.1 Å². The van der Waals surface area contributed by atoms with Gasteiger partial charge in [-0.1, -0.05) is 133 Å². The molecule has 0 spiro atoms. The van der Waals surface area contributed by atoms with Crippen LogP contribution in [0.5, 0.6) is 0 Å². The molecule has 0 fully saturated rings. The molecule has 0 amide bonds. The van der Waals surface area contributed by atoms with Crippen molar-refractivity contribution in [3.05, 3.63) is 182 Å². The third-order valence-electron chi connectivity index (χ3n) is 10.6. The SMILES string of the molecule is [2H]c1cc([2H])c2sc3c(-c4cc(-c5nc(-c6ccccc6)nc(-c6cccc7sc8ccccc8c67)n5)ccc4-n4c5ccccc5c5ccccc54)c([2H])c([2H])c([2H])c3c2c1[2H].